The minimum absolute atomic E-state index is 0.262. The van der Waals surface area contributed by atoms with Crippen molar-refractivity contribution in [3.8, 4) is 44.8 Å². The van der Waals surface area contributed by atoms with Crippen molar-refractivity contribution in [2.75, 3.05) is 0 Å². The molecule has 0 amide bonds. The van der Waals surface area contributed by atoms with Gasteiger partial charge in [0.15, 0.2) is 0 Å². The Kier molecular flexibility index (Phi) is 6.20. The van der Waals surface area contributed by atoms with Gasteiger partial charge < -0.3 is 9.13 Å². The molecule has 54 heavy (non-hydrogen) atoms. The summed E-state index contributed by atoms with van der Waals surface area (Å²) in [5.74, 6) is 0.262. The van der Waals surface area contributed by atoms with E-state index in [1.807, 2.05) is 0 Å². The van der Waals surface area contributed by atoms with E-state index in [9.17, 15) is 0 Å². The number of fused-ring (bicyclic) bond motifs is 9. The number of benzene rings is 8. The smallest absolute Gasteiger partial charge is 0.0544 e. The second-order valence-corrected chi connectivity index (χ2v) is 14.8. The summed E-state index contributed by atoms with van der Waals surface area (Å²) in [5, 5.41) is 9.17. The van der Waals surface area contributed by atoms with Crippen LogP contribution in [0.25, 0.3) is 100 Å². The Bertz CT molecular complexity index is 3260. The van der Waals surface area contributed by atoms with Crippen molar-refractivity contribution in [2.24, 2.45) is 0 Å². The maximum atomic E-state index is 2.50. The lowest BCUT2D eigenvalue weighted by Gasteiger charge is -2.16. The van der Waals surface area contributed by atoms with Crippen molar-refractivity contribution in [1.82, 2.24) is 9.13 Å². The van der Waals surface area contributed by atoms with Crippen LogP contribution in [-0.2, 0) is 0 Å². The molecule has 2 heteroatoms. The van der Waals surface area contributed by atoms with Crippen molar-refractivity contribution < 1.29 is 0 Å². The molecule has 2 aliphatic rings. The fourth-order valence-corrected chi connectivity index (χ4v) is 9.60. The first-order valence-electron chi connectivity index (χ1n) is 19.0. The third-order valence-electron chi connectivity index (χ3n) is 12.0. The summed E-state index contributed by atoms with van der Waals surface area (Å²) < 4.78 is 4.90. The zero-order chi connectivity index (χ0) is 35.3. The molecule has 0 radical (unpaired) electrons. The lowest BCUT2D eigenvalue weighted by atomic mass is 9.91. The van der Waals surface area contributed by atoms with Gasteiger partial charge in [-0.15, -0.1) is 0 Å². The lowest BCUT2D eigenvalue weighted by Crippen LogP contribution is -2.31. The van der Waals surface area contributed by atoms with E-state index in [1.165, 1.54) is 104 Å². The Hall–Kier alpha value is -6.90. The predicted molar refractivity (Wildman–Crippen MR) is 227 cm³/mol. The average Bonchev–Trinajstić information content (AvgIpc) is 3.87. The monoisotopic (exact) mass is 686 g/mol. The van der Waals surface area contributed by atoms with E-state index in [4.69, 9.17) is 0 Å². The van der Waals surface area contributed by atoms with Crippen LogP contribution in [0.4, 0.5) is 0 Å². The van der Waals surface area contributed by atoms with Crippen LogP contribution in [0.15, 0.2) is 176 Å². The van der Waals surface area contributed by atoms with Gasteiger partial charge in [-0.25, -0.2) is 0 Å². The lowest BCUT2D eigenvalue weighted by molar-refractivity contribution is 0.905. The van der Waals surface area contributed by atoms with Crippen LogP contribution < -0.4 is 10.6 Å². The fraction of sp³-hybridized carbons (Fsp3) is 0.0385. The highest BCUT2D eigenvalue weighted by Crippen LogP contribution is 2.49. The van der Waals surface area contributed by atoms with Crippen molar-refractivity contribution in [3.05, 3.63) is 192 Å². The molecule has 12 rings (SSSR count). The van der Waals surface area contributed by atoms with Crippen LogP contribution in [0, 0.1) is 0 Å². The third-order valence-corrected chi connectivity index (χ3v) is 12.0. The quantitative estimate of drug-likeness (QED) is 0.174. The molecule has 0 spiro atoms. The summed E-state index contributed by atoms with van der Waals surface area (Å²) >= 11 is 0. The zero-order valence-corrected chi connectivity index (χ0v) is 29.6. The molecule has 2 nitrogen and oxygen atoms in total. The summed E-state index contributed by atoms with van der Waals surface area (Å²) in [4.78, 5) is 0. The molecule has 0 N–H and O–H groups in total. The fourth-order valence-electron chi connectivity index (χ4n) is 9.60. The SMILES string of the molecule is C1=c2c(n(-c3ccccc3)c3ccccc23)=CC(c2ccc3c4ccccc4n(-c4ccc(-c5ccc6c7c(cccc57)-c5ccccc5-6)cc4)c3c2)C1. The maximum Gasteiger partial charge on any atom is 0.0544 e. The standard InChI is InChI=1S/C52H34N2/c1-2-11-36(12-3-1)53-48-19-8-6-15-41(48)43-27-23-34(31-50(43)53)35-24-28-44-42-16-7-9-20-49(42)54(51(44)32-35)37-25-21-33(22-26-37)38-29-30-47-40-14-5-4-13-39(40)46-18-10-17-45(38)52(46)47/h1-22,24-32,34H,23H2. The summed E-state index contributed by atoms with van der Waals surface area (Å²) in [7, 11) is 0. The van der Waals surface area contributed by atoms with Crippen LogP contribution in [0.3, 0.4) is 0 Å². The molecule has 0 bridgehead atoms. The van der Waals surface area contributed by atoms with Gasteiger partial charge in [-0.3, -0.25) is 0 Å². The molecule has 10 aromatic rings. The van der Waals surface area contributed by atoms with Crippen molar-refractivity contribution in [1.29, 1.82) is 0 Å². The number of hydrogen-bond donors (Lipinski definition) is 0. The Balaban J connectivity index is 0.991. The van der Waals surface area contributed by atoms with E-state index in [1.54, 1.807) is 0 Å². The van der Waals surface area contributed by atoms with Gasteiger partial charge in [0.2, 0.25) is 0 Å². The molecule has 252 valence electrons. The Labute approximate surface area is 312 Å². The molecule has 0 aliphatic heterocycles. The van der Waals surface area contributed by atoms with Crippen molar-refractivity contribution >= 4 is 55.6 Å². The molecule has 1 atom stereocenters. The van der Waals surface area contributed by atoms with Crippen LogP contribution in [0.2, 0.25) is 0 Å². The van der Waals surface area contributed by atoms with Gasteiger partial charge in [-0.2, -0.15) is 0 Å². The Morgan fingerprint density at radius 3 is 1.83 bits per heavy atom. The van der Waals surface area contributed by atoms with Crippen LogP contribution in [0.1, 0.15) is 17.9 Å². The van der Waals surface area contributed by atoms with Gasteiger partial charge >= 0.3 is 0 Å². The minimum atomic E-state index is 0.262. The number of aromatic nitrogens is 2. The largest absolute Gasteiger partial charge is 0.310 e. The van der Waals surface area contributed by atoms with E-state index in [2.05, 4.69) is 197 Å². The molecule has 0 fully saturated rings. The summed E-state index contributed by atoms with van der Waals surface area (Å²) in [6, 6.07) is 65.0. The molecule has 2 heterocycles. The molecule has 0 saturated carbocycles. The first kappa shape index (κ1) is 29.7. The molecule has 8 aromatic carbocycles. The minimum Gasteiger partial charge on any atom is -0.310 e. The normalized spacial score (nSPS) is 14.3. The van der Waals surface area contributed by atoms with Gasteiger partial charge in [-0.1, -0.05) is 146 Å². The highest BCUT2D eigenvalue weighted by Gasteiger charge is 2.23. The van der Waals surface area contributed by atoms with Crippen LogP contribution in [0.5, 0.6) is 0 Å². The van der Waals surface area contributed by atoms with E-state index >= 15 is 0 Å². The summed E-state index contributed by atoms with van der Waals surface area (Å²) in [5.41, 5.74) is 15.3. The van der Waals surface area contributed by atoms with Gasteiger partial charge in [0.25, 0.3) is 0 Å². The summed E-state index contributed by atoms with van der Waals surface area (Å²) in [6.45, 7) is 0. The Morgan fingerprint density at radius 1 is 0.407 bits per heavy atom. The molecular formula is C52H34N2. The highest BCUT2D eigenvalue weighted by atomic mass is 15.0. The van der Waals surface area contributed by atoms with Gasteiger partial charge in [0, 0.05) is 38.7 Å². The van der Waals surface area contributed by atoms with E-state index in [0.29, 0.717) is 0 Å². The first-order valence-corrected chi connectivity index (χ1v) is 19.0. The molecule has 2 aromatic heterocycles. The zero-order valence-electron chi connectivity index (χ0n) is 29.6. The van der Waals surface area contributed by atoms with E-state index < -0.39 is 0 Å². The van der Waals surface area contributed by atoms with Crippen LogP contribution in [-0.4, -0.2) is 9.13 Å². The van der Waals surface area contributed by atoms with E-state index in [-0.39, 0.29) is 5.92 Å². The average molecular weight is 687 g/mol. The second-order valence-electron chi connectivity index (χ2n) is 14.8. The molecule has 1 unspecified atom stereocenters. The number of nitrogens with zero attached hydrogens (tertiary/aromatic N) is 2. The first-order chi connectivity index (χ1) is 26.8. The number of para-hydroxylation sites is 3. The van der Waals surface area contributed by atoms with Gasteiger partial charge in [0.1, 0.15) is 0 Å². The predicted octanol–water partition coefficient (Wildman–Crippen LogP) is 11.9. The molecule has 2 aliphatic carbocycles. The molecule has 0 saturated heterocycles. The van der Waals surface area contributed by atoms with Gasteiger partial charge in [0.05, 0.1) is 21.9 Å². The van der Waals surface area contributed by atoms with E-state index in [0.717, 1.165) is 6.42 Å². The maximum absolute atomic E-state index is 2.50. The Morgan fingerprint density at radius 2 is 1.02 bits per heavy atom. The topological polar surface area (TPSA) is 9.86 Å². The van der Waals surface area contributed by atoms with Gasteiger partial charge in [-0.05, 0) is 98.6 Å². The number of rotatable bonds is 4. The van der Waals surface area contributed by atoms with Crippen LogP contribution >= 0.6 is 0 Å². The highest BCUT2D eigenvalue weighted by molar-refractivity contribution is 6.18. The van der Waals surface area contributed by atoms with Crippen molar-refractivity contribution in [2.45, 2.75) is 12.3 Å². The summed E-state index contributed by atoms with van der Waals surface area (Å²) in [6.07, 6.45) is 5.93. The third kappa shape index (κ3) is 4.17. The van der Waals surface area contributed by atoms with Crippen molar-refractivity contribution in [3.63, 3.8) is 0 Å². The molecular weight excluding hydrogens is 653 g/mol. The number of hydrogen-bond acceptors (Lipinski definition) is 0. The second kappa shape index (κ2) is 11.3.